The van der Waals surface area contributed by atoms with Gasteiger partial charge in [0.2, 0.25) is 0 Å². The summed E-state index contributed by atoms with van der Waals surface area (Å²) in [4.78, 5) is 0. The molecule has 1 N–H and O–H groups in total. The van der Waals surface area contributed by atoms with E-state index in [0.29, 0.717) is 11.8 Å². The molecule has 2 fully saturated rings. The molecule has 2 rings (SSSR count). The van der Waals surface area contributed by atoms with Gasteiger partial charge in [-0.2, -0.15) is 0 Å². The Hall–Kier alpha value is -0.0400. The molecule has 0 saturated heterocycles. The fourth-order valence-electron chi connectivity index (χ4n) is 4.82. The van der Waals surface area contributed by atoms with E-state index in [1.54, 1.807) is 0 Å². The van der Waals surface area contributed by atoms with Crippen LogP contribution in [0.5, 0.6) is 0 Å². The fraction of sp³-hybridized carbons (Fsp3) is 1.00. The van der Waals surface area contributed by atoms with E-state index in [2.05, 4.69) is 6.92 Å². The third-order valence-corrected chi connectivity index (χ3v) is 6.19. The summed E-state index contributed by atoms with van der Waals surface area (Å²) in [6.07, 6.45) is 19.9. The number of rotatable bonds is 3. The van der Waals surface area contributed by atoms with Crippen LogP contribution in [0.15, 0.2) is 0 Å². The summed E-state index contributed by atoms with van der Waals surface area (Å²) in [6.45, 7) is 2.23. The van der Waals surface area contributed by atoms with Crippen molar-refractivity contribution in [3.8, 4) is 0 Å². The zero-order valence-corrected chi connectivity index (χ0v) is 13.7. The zero-order chi connectivity index (χ0) is 14.3. The van der Waals surface area contributed by atoms with E-state index >= 15 is 0 Å². The van der Waals surface area contributed by atoms with E-state index < -0.39 is 0 Å². The molecule has 0 unspecified atom stereocenters. The summed E-state index contributed by atoms with van der Waals surface area (Å²) in [5.74, 6) is 1.16. The molecule has 2 aliphatic carbocycles. The molecule has 118 valence electrons. The lowest BCUT2D eigenvalue weighted by atomic mass is 9.67. The highest BCUT2D eigenvalue weighted by atomic mass is 16.3. The summed E-state index contributed by atoms with van der Waals surface area (Å²) in [5.41, 5.74) is -0.352. The van der Waals surface area contributed by atoms with Gasteiger partial charge in [0.05, 0.1) is 5.60 Å². The smallest absolute Gasteiger partial charge is 0.0701 e. The highest BCUT2D eigenvalue weighted by Crippen LogP contribution is 2.42. The van der Waals surface area contributed by atoms with E-state index in [-0.39, 0.29) is 5.60 Å². The minimum absolute atomic E-state index is 0.352. The molecule has 0 aromatic rings. The molecule has 1 heteroatoms. The summed E-state index contributed by atoms with van der Waals surface area (Å²) in [5, 5.41) is 11.5. The highest BCUT2D eigenvalue weighted by Gasteiger charge is 2.41. The maximum atomic E-state index is 11.5. The minimum Gasteiger partial charge on any atom is -0.389 e. The number of aliphatic hydroxyl groups is 1. The standard InChI is InChI=1S/C19H36O/c1-2-19(20,17-13-9-5-3-6-10-14-17)18-15-11-7-4-8-12-16-18/h17-18,20H,2-16H2,1H3. The number of hydrogen-bond donors (Lipinski definition) is 1. The highest BCUT2D eigenvalue weighted by molar-refractivity contribution is 4.92. The molecule has 0 aromatic carbocycles. The second-order valence-corrected chi connectivity index (χ2v) is 7.43. The van der Waals surface area contributed by atoms with Crippen molar-refractivity contribution in [3.63, 3.8) is 0 Å². The van der Waals surface area contributed by atoms with Crippen LogP contribution in [0.2, 0.25) is 0 Å². The Morgan fingerprint density at radius 3 is 1.25 bits per heavy atom. The molecule has 1 nitrogen and oxygen atoms in total. The first-order chi connectivity index (χ1) is 9.77. The maximum absolute atomic E-state index is 11.5. The van der Waals surface area contributed by atoms with Crippen LogP contribution in [0.3, 0.4) is 0 Å². The van der Waals surface area contributed by atoms with Crippen LogP contribution in [-0.4, -0.2) is 10.7 Å². The van der Waals surface area contributed by atoms with Crippen LogP contribution in [0.4, 0.5) is 0 Å². The van der Waals surface area contributed by atoms with Crippen molar-refractivity contribution < 1.29 is 5.11 Å². The molecule has 2 aliphatic rings. The van der Waals surface area contributed by atoms with Crippen molar-refractivity contribution >= 4 is 0 Å². The normalized spacial score (nSPS) is 25.5. The van der Waals surface area contributed by atoms with Crippen LogP contribution in [-0.2, 0) is 0 Å². The van der Waals surface area contributed by atoms with Crippen molar-refractivity contribution in [2.75, 3.05) is 0 Å². The molecule has 0 atom stereocenters. The second kappa shape index (κ2) is 8.41. The molecule has 0 radical (unpaired) electrons. The van der Waals surface area contributed by atoms with Gasteiger partial charge in [0.1, 0.15) is 0 Å². The average molecular weight is 280 g/mol. The van der Waals surface area contributed by atoms with Crippen molar-refractivity contribution in [3.05, 3.63) is 0 Å². The number of hydrogen-bond acceptors (Lipinski definition) is 1. The topological polar surface area (TPSA) is 20.2 Å². The first-order valence-corrected chi connectivity index (χ1v) is 9.49. The maximum Gasteiger partial charge on any atom is 0.0701 e. The Morgan fingerprint density at radius 1 is 0.650 bits per heavy atom. The average Bonchev–Trinajstić information content (AvgIpc) is 2.37. The fourth-order valence-corrected chi connectivity index (χ4v) is 4.82. The van der Waals surface area contributed by atoms with Gasteiger partial charge in [-0.15, -0.1) is 0 Å². The largest absolute Gasteiger partial charge is 0.389 e. The molecule has 0 aliphatic heterocycles. The summed E-state index contributed by atoms with van der Waals surface area (Å²) in [7, 11) is 0. The van der Waals surface area contributed by atoms with Crippen molar-refractivity contribution in [1.82, 2.24) is 0 Å². The minimum atomic E-state index is -0.352. The Labute approximate surface area is 126 Å². The SMILES string of the molecule is CCC(O)(C1CCCCCCC1)C1CCCCCCC1. The molecular formula is C19H36O. The molecule has 20 heavy (non-hydrogen) atoms. The van der Waals surface area contributed by atoms with Gasteiger partial charge < -0.3 is 5.11 Å². The van der Waals surface area contributed by atoms with Crippen LogP contribution in [0, 0.1) is 11.8 Å². The predicted molar refractivity (Wildman–Crippen MR) is 86.9 cm³/mol. The third kappa shape index (κ3) is 4.23. The molecule has 0 bridgehead atoms. The van der Waals surface area contributed by atoms with Crippen LogP contribution in [0.25, 0.3) is 0 Å². The van der Waals surface area contributed by atoms with Crippen LogP contribution >= 0.6 is 0 Å². The zero-order valence-electron chi connectivity index (χ0n) is 13.7. The summed E-state index contributed by atoms with van der Waals surface area (Å²) >= 11 is 0. The van der Waals surface area contributed by atoms with Gasteiger partial charge in [0.15, 0.2) is 0 Å². The van der Waals surface area contributed by atoms with E-state index in [1.807, 2.05) is 0 Å². The Morgan fingerprint density at radius 2 is 0.950 bits per heavy atom. The summed E-state index contributed by atoms with van der Waals surface area (Å²) in [6, 6.07) is 0. The Kier molecular flexibility index (Phi) is 6.87. The summed E-state index contributed by atoms with van der Waals surface area (Å²) < 4.78 is 0. The van der Waals surface area contributed by atoms with E-state index in [4.69, 9.17) is 0 Å². The molecule has 0 heterocycles. The van der Waals surface area contributed by atoms with Gasteiger partial charge >= 0.3 is 0 Å². The van der Waals surface area contributed by atoms with Gasteiger partial charge in [-0.05, 0) is 43.9 Å². The second-order valence-electron chi connectivity index (χ2n) is 7.43. The van der Waals surface area contributed by atoms with Crippen LogP contribution < -0.4 is 0 Å². The van der Waals surface area contributed by atoms with Crippen molar-refractivity contribution in [2.45, 2.75) is 109 Å². The quantitative estimate of drug-likeness (QED) is 0.687. The Bertz CT molecular complexity index is 222. The van der Waals surface area contributed by atoms with Gasteiger partial charge in [-0.3, -0.25) is 0 Å². The van der Waals surface area contributed by atoms with E-state index in [1.165, 1.54) is 89.9 Å². The van der Waals surface area contributed by atoms with Gasteiger partial charge in [0.25, 0.3) is 0 Å². The third-order valence-electron chi connectivity index (χ3n) is 6.19. The molecule has 0 aromatic heterocycles. The van der Waals surface area contributed by atoms with E-state index in [0.717, 1.165) is 6.42 Å². The van der Waals surface area contributed by atoms with E-state index in [9.17, 15) is 5.11 Å². The first-order valence-electron chi connectivity index (χ1n) is 9.49. The predicted octanol–water partition coefficient (Wildman–Crippen LogP) is 5.85. The lowest BCUT2D eigenvalue weighted by molar-refractivity contribution is -0.0883. The first kappa shape index (κ1) is 16.3. The monoisotopic (exact) mass is 280 g/mol. The lowest BCUT2D eigenvalue weighted by Crippen LogP contribution is -2.45. The molecule has 2 saturated carbocycles. The van der Waals surface area contributed by atoms with Crippen molar-refractivity contribution in [1.29, 1.82) is 0 Å². The van der Waals surface area contributed by atoms with Gasteiger partial charge in [-0.25, -0.2) is 0 Å². The molecular weight excluding hydrogens is 244 g/mol. The molecule has 0 spiro atoms. The molecule has 0 amide bonds. The van der Waals surface area contributed by atoms with Gasteiger partial charge in [-0.1, -0.05) is 71.1 Å². The van der Waals surface area contributed by atoms with Crippen LogP contribution in [0.1, 0.15) is 103 Å². The van der Waals surface area contributed by atoms with Crippen molar-refractivity contribution in [2.24, 2.45) is 11.8 Å². The Balaban J connectivity index is 2.03. The lowest BCUT2D eigenvalue weighted by Gasteiger charge is -2.43. The van der Waals surface area contributed by atoms with Gasteiger partial charge in [0, 0.05) is 0 Å².